The maximum atomic E-state index is 11.4. The molecule has 5 heteroatoms. The Morgan fingerprint density at radius 3 is 2.50 bits per heavy atom. The van der Waals surface area contributed by atoms with Crippen molar-refractivity contribution < 1.29 is 8.42 Å². The Kier molecular flexibility index (Phi) is 2.36. The van der Waals surface area contributed by atoms with Crippen molar-refractivity contribution >= 4 is 10.0 Å². The van der Waals surface area contributed by atoms with Gasteiger partial charge in [0.15, 0.2) is 0 Å². The third kappa shape index (κ3) is 1.47. The summed E-state index contributed by atoms with van der Waals surface area (Å²) >= 11 is 0. The Morgan fingerprint density at radius 1 is 1.50 bits per heavy atom. The van der Waals surface area contributed by atoms with Crippen molar-refractivity contribution in [2.75, 3.05) is 6.54 Å². The van der Waals surface area contributed by atoms with Crippen molar-refractivity contribution in [2.45, 2.75) is 43.4 Å². The summed E-state index contributed by atoms with van der Waals surface area (Å²) in [6.45, 7) is 2.94. The summed E-state index contributed by atoms with van der Waals surface area (Å²) in [6, 6.07) is 0.485. The molecule has 2 aliphatic rings. The Bertz CT molecular complexity index is 322. The van der Waals surface area contributed by atoms with E-state index in [4.69, 9.17) is 5.14 Å². The molecule has 3 N–H and O–H groups in total. The fourth-order valence-electron chi connectivity index (χ4n) is 2.58. The van der Waals surface area contributed by atoms with Gasteiger partial charge in [-0.1, -0.05) is 6.92 Å². The molecule has 2 fully saturated rings. The topological polar surface area (TPSA) is 72.2 Å². The van der Waals surface area contributed by atoms with Crippen molar-refractivity contribution in [1.29, 1.82) is 0 Å². The van der Waals surface area contributed by atoms with Gasteiger partial charge in [0.2, 0.25) is 10.0 Å². The number of nitrogens with two attached hydrogens (primary N) is 1. The zero-order valence-electron chi connectivity index (χ0n) is 8.49. The Labute approximate surface area is 85.3 Å². The third-order valence-electron chi connectivity index (χ3n) is 3.77. The van der Waals surface area contributed by atoms with Crippen LogP contribution in [0.1, 0.15) is 32.6 Å². The van der Waals surface area contributed by atoms with Crippen LogP contribution in [0.2, 0.25) is 0 Å². The molecule has 1 saturated heterocycles. The smallest absolute Gasteiger partial charge is 0.215 e. The van der Waals surface area contributed by atoms with E-state index in [0.29, 0.717) is 6.04 Å². The normalized spacial score (nSPS) is 35.9. The van der Waals surface area contributed by atoms with E-state index in [1.807, 2.05) is 0 Å². The van der Waals surface area contributed by atoms with Crippen LogP contribution in [-0.2, 0) is 10.0 Å². The lowest BCUT2D eigenvalue weighted by atomic mass is 9.99. The molecule has 1 heterocycles. The van der Waals surface area contributed by atoms with Crippen molar-refractivity contribution in [3.63, 3.8) is 0 Å². The second kappa shape index (κ2) is 3.18. The van der Waals surface area contributed by atoms with E-state index in [9.17, 15) is 8.42 Å². The van der Waals surface area contributed by atoms with Crippen LogP contribution in [0.15, 0.2) is 0 Å². The Morgan fingerprint density at radius 2 is 2.14 bits per heavy atom. The lowest BCUT2D eigenvalue weighted by Crippen LogP contribution is -2.38. The number of nitrogens with one attached hydrogen (secondary N) is 1. The van der Waals surface area contributed by atoms with Crippen molar-refractivity contribution in [3.8, 4) is 0 Å². The summed E-state index contributed by atoms with van der Waals surface area (Å²) in [5.41, 5.74) is 0. The minimum absolute atomic E-state index is 0.238. The molecule has 1 saturated carbocycles. The van der Waals surface area contributed by atoms with Crippen LogP contribution in [-0.4, -0.2) is 25.8 Å². The van der Waals surface area contributed by atoms with Gasteiger partial charge in [0.25, 0.3) is 0 Å². The first-order valence-electron chi connectivity index (χ1n) is 5.25. The van der Waals surface area contributed by atoms with Crippen LogP contribution in [0.5, 0.6) is 0 Å². The minimum Gasteiger partial charge on any atom is -0.314 e. The van der Waals surface area contributed by atoms with Crippen LogP contribution in [0.3, 0.4) is 0 Å². The minimum atomic E-state index is -3.35. The maximum Gasteiger partial charge on any atom is 0.215 e. The van der Waals surface area contributed by atoms with E-state index in [0.717, 1.165) is 32.2 Å². The number of hydrogen-bond acceptors (Lipinski definition) is 3. The molecule has 0 unspecified atom stereocenters. The molecule has 0 radical (unpaired) electrons. The Hall–Kier alpha value is -0.130. The predicted molar refractivity (Wildman–Crippen MR) is 55.3 cm³/mol. The van der Waals surface area contributed by atoms with E-state index in [2.05, 4.69) is 12.2 Å². The predicted octanol–water partition coefficient (Wildman–Crippen LogP) is 0.196. The Balaban J connectivity index is 2.11. The van der Waals surface area contributed by atoms with Crippen molar-refractivity contribution in [3.05, 3.63) is 0 Å². The molecular formula is C9H18N2O2S. The quantitative estimate of drug-likeness (QED) is 0.710. The number of rotatable bonds is 3. The molecule has 0 aromatic carbocycles. The SMILES string of the molecule is CC[C@@H]1C[C@H](C2(S(N)(=O)=O)CC2)CN1. The first-order valence-corrected chi connectivity index (χ1v) is 6.80. The maximum absolute atomic E-state index is 11.4. The molecule has 0 bridgehead atoms. The van der Waals surface area contributed by atoms with E-state index in [1.54, 1.807) is 0 Å². The fraction of sp³-hybridized carbons (Fsp3) is 1.00. The molecule has 14 heavy (non-hydrogen) atoms. The molecule has 4 nitrogen and oxygen atoms in total. The monoisotopic (exact) mass is 218 g/mol. The molecule has 82 valence electrons. The molecule has 0 spiro atoms. The van der Waals surface area contributed by atoms with E-state index >= 15 is 0 Å². The summed E-state index contributed by atoms with van der Waals surface area (Å²) in [4.78, 5) is 0. The van der Waals surface area contributed by atoms with Crippen LogP contribution < -0.4 is 10.5 Å². The average molecular weight is 218 g/mol. The van der Waals surface area contributed by atoms with Crippen LogP contribution in [0.25, 0.3) is 0 Å². The van der Waals surface area contributed by atoms with Crippen LogP contribution in [0.4, 0.5) is 0 Å². The molecule has 0 aromatic heterocycles. The van der Waals surface area contributed by atoms with Gasteiger partial charge in [-0.15, -0.1) is 0 Å². The summed E-state index contributed by atoms with van der Waals surface area (Å²) in [7, 11) is -3.35. The van der Waals surface area contributed by atoms with Crippen LogP contribution >= 0.6 is 0 Å². The van der Waals surface area contributed by atoms with Gasteiger partial charge >= 0.3 is 0 Å². The number of sulfonamides is 1. The number of primary sulfonamides is 1. The van der Waals surface area contributed by atoms with E-state index in [1.165, 1.54) is 0 Å². The van der Waals surface area contributed by atoms with Gasteiger partial charge in [-0.3, -0.25) is 0 Å². The summed E-state index contributed by atoms with van der Waals surface area (Å²) in [5, 5.41) is 8.64. The lowest BCUT2D eigenvalue weighted by molar-refractivity contribution is 0.481. The lowest BCUT2D eigenvalue weighted by Gasteiger charge is -2.19. The van der Waals surface area contributed by atoms with Gasteiger partial charge < -0.3 is 5.32 Å². The molecule has 2 rings (SSSR count). The highest BCUT2D eigenvalue weighted by Crippen LogP contribution is 2.51. The molecule has 0 aromatic rings. The van der Waals surface area contributed by atoms with Gasteiger partial charge in [0, 0.05) is 6.04 Å². The zero-order valence-corrected chi connectivity index (χ0v) is 9.31. The molecular weight excluding hydrogens is 200 g/mol. The van der Waals surface area contributed by atoms with Crippen molar-refractivity contribution in [1.82, 2.24) is 5.32 Å². The highest BCUT2D eigenvalue weighted by molar-refractivity contribution is 7.90. The summed E-state index contributed by atoms with van der Waals surface area (Å²) in [5.74, 6) is 0.238. The standard InChI is InChI=1S/C9H18N2O2S/c1-2-8-5-7(6-11-8)9(3-4-9)14(10,12)13/h7-8,11H,2-6H2,1H3,(H2,10,12,13)/t7-,8+/m0/s1. The second-order valence-corrected chi connectivity index (χ2v) is 6.46. The van der Waals surface area contributed by atoms with Crippen LogP contribution in [0, 0.1) is 5.92 Å². The van der Waals surface area contributed by atoms with E-state index < -0.39 is 14.8 Å². The highest BCUT2D eigenvalue weighted by Gasteiger charge is 2.59. The van der Waals surface area contributed by atoms with Gasteiger partial charge in [0.1, 0.15) is 0 Å². The first-order chi connectivity index (χ1) is 6.49. The summed E-state index contributed by atoms with van der Waals surface area (Å²) in [6.07, 6.45) is 3.55. The highest BCUT2D eigenvalue weighted by atomic mass is 32.2. The van der Waals surface area contributed by atoms with E-state index in [-0.39, 0.29) is 5.92 Å². The fourth-order valence-corrected chi connectivity index (χ4v) is 3.89. The number of hydrogen-bond donors (Lipinski definition) is 2. The van der Waals surface area contributed by atoms with Gasteiger partial charge in [-0.05, 0) is 38.1 Å². The molecule has 0 amide bonds. The van der Waals surface area contributed by atoms with Gasteiger partial charge in [-0.2, -0.15) is 0 Å². The molecule has 1 aliphatic heterocycles. The second-order valence-electron chi connectivity index (χ2n) is 4.56. The average Bonchev–Trinajstić information content (AvgIpc) is 2.79. The van der Waals surface area contributed by atoms with Crippen molar-refractivity contribution in [2.24, 2.45) is 11.1 Å². The zero-order chi connectivity index (χ0) is 10.4. The largest absolute Gasteiger partial charge is 0.314 e. The first kappa shape index (κ1) is 10.4. The molecule has 2 atom stereocenters. The molecule has 1 aliphatic carbocycles. The third-order valence-corrected chi connectivity index (χ3v) is 5.64. The summed E-state index contributed by atoms with van der Waals surface area (Å²) < 4.78 is 22.3. The van der Waals surface area contributed by atoms with Gasteiger partial charge in [-0.25, -0.2) is 13.6 Å². The van der Waals surface area contributed by atoms with Gasteiger partial charge in [0.05, 0.1) is 4.75 Å².